The first kappa shape index (κ1) is 29.2. The molecule has 0 spiro atoms. The van der Waals surface area contributed by atoms with Gasteiger partial charge in [-0.3, -0.25) is 9.59 Å². The van der Waals surface area contributed by atoms with Crippen molar-refractivity contribution in [2.45, 2.75) is 85.0 Å². The van der Waals surface area contributed by atoms with Crippen molar-refractivity contribution in [1.82, 2.24) is 9.80 Å². The van der Waals surface area contributed by atoms with Crippen LogP contribution in [0.15, 0.2) is 36.4 Å². The SMILES string of the molecule is CCCN1CCCC(C(=O)c2ccc3c(c2)CC(CCCN2CCCC(C(=O)c4ccc(C)c(C)c4)C2)CC3)C1. The van der Waals surface area contributed by atoms with Crippen LogP contribution in [0.5, 0.6) is 0 Å². The Morgan fingerprint density at radius 1 is 0.775 bits per heavy atom. The molecular weight excluding hydrogens is 492 g/mol. The summed E-state index contributed by atoms with van der Waals surface area (Å²) in [6.45, 7) is 12.7. The molecule has 2 fully saturated rings. The van der Waals surface area contributed by atoms with Crippen molar-refractivity contribution in [2.24, 2.45) is 17.8 Å². The molecule has 5 rings (SSSR count). The van der Waals surface area contributed by atoms with Crippen LogP contribution in [0.3, 0.4) is 0 Å². The molecular formula is C36H50N2O2. The van der Waals surface area contributed by atoms with E-state index in [1.54, 1.807) is 0 Å². The average Bonchev–Trinajstić information content (AvgIpc) is 2.98. The molecule has 4 nitrogen and oxygen atoms in total. The zero-order chi connectivity index (χ0) is 28.1. The van der Waals surface area contributed by atoms with Crippen LogP contribution in [0.1, 0.15) is 101 Å². The molecule has 40 heavy (non-hydrogen) atoms. The van der Waals surface area contributed by atoms with Gasteiger partial charge in [0.25, 0.3) is 0 Å². The fraction of sp³-hybridized carbons (Fsp3) is 0.611. The molecule has 2 saturated heterocycles. The van der Waals surface area contributed by atoms with E-state index in [0.29, 0.717) is 17.5 Å². The number of carbonyl (C=O) groups excluding carboxylic acids is 2. The predicted molar refractivity (Wildman–Crippen MR) is 164 cm³/mol. The topological polar surface area (TPSA) is 40.6 Å². The van der Waals surface area contributed by atoms with E-state index >= 15 is 0 Å². The van der Waals surface area contributed by atoms with Gasteiger partial charge in [-0.1, -0.05) is 31.2 Å². The number of piperidine rings is 2. The number of likely N-dealkylation sites (tertiary alicyclic amines) is 2. The van der Waals surface area contributed by atoms with Crippen LogP contribution in [0.4, 0.5) is 0 Å². The predicted octanol–water partition coefficient (Wildman–Crippen LogP) is 7.09. The first-order valence-corrected chi connectivity index (χ1v) is 16.1. The highest BCUT2D eigenvalue weighted by molar-refractivity contribution is 5.99. The minimum absolute atomic E-state index is 0.131. The number of hydrogen-bond donors (Lipinski definition) is 0. The van der Waals surface area contributed by atoms with Crippen molar-refractivity contribution < 1.29 is 9.59 Å². The molecule has 0 saturated carbocycles. The lowest BCUT2D eigenvalue weighted by Gasteiger charge is -2.33. The summed E-state index contributed by atoms with van der Waals surface area (Å²) >= 11 is 0. The van der Waals surface area contributed by atoms with E-state index in [2.05, 4.69) is 60.9 Å². The normalized spacial score (nSPS) is 24.0. The van der Waals surface area contributed by atoms with Gasteiger partial charge >= 0.3 is 0 Å². The van der Waals surface area contributed by atoms with Crippen LogP contribution in [0.25, 0.3) is 0 Å². The molecule has 1 aliphatic carbocycles. The molecule has 4 heteroatoms. The number of rotatable bonds is 10. The highest BCUT2D eigenvalue weighted by Crippen LogP contribution is 2.31. The number of carbonyl (C=O) groups is 2. The Morgan fingerprint density at radius 3 is 2.10 bits per heavy atom. The summed E-state index contributed by atoms with van der Waals surface area (Å²) in [5, 5.41) is 0. The standard InChI is InChI=1S/C36H50N2O2/c1-4-17-37-19-6-9-32(24-37)36(40)31-16-15-29-14-12-28(22-34(29)23-31)8-5-18-38-20-7-10-33(25-38)35(39)30-13-11-26(2)27(3)21-30/h11,13,15-16,21,23,28,32-33H,4-10,12,14,17-20,22,24-25H2,1-3H3. The fourth-order valence-electron chi connectivity index (χ4n) is 7.46. The van der Waals surface area contributed by atoms with Crippen LogP contribution in [-0.2, 0) is 12.8 Å². The Hall–Kier alpha value is -2.30. The lowest BCUT2D eigenvalue weighted by molar-refractivity contribution is 0.0811. The summed E-state index contributed by atoms with van der Waals surface area (Å²) in [4.78, 5) is 31.6. The largest absolute Gasteiger partial charge is 0.303 e. The third kappa shape index (κ3) is 7.12. The molecule has 0 radical (unpaired) electrons. The van der Waals surface area contributed by atoms with Crippen LogP contribution in [0, 0.1) is 31.6 Å². The molecule has 3 atom stereocenters. The van der Waals surface area contributed by atoms with Crippen molar-refractivity contribution in [3.8, 4) is 0 Å². The maximum absolute atomic E-state index is 13.4. The Bertz CT molecular complexity index is 1190. The molecule has 0 amide bonds. The fourth-order valence-corrected chi connectivity index (χ4v) is 7.46. The van der Waals surface area contributed by atoms with Gasteiger partial charge in [0.1, 0.15) is 0 Å². The second-order valence-corrected chi connectivity index (χ2v) is 13.0. The summed E-state index contributed by atoms with van der Waals surface area (Å²) in [6.07, 6.45) is 11.4. The first-order valence-electron chi connectivity index (χ1n) is 16.1. The smallest absolute Gasteiger partial charge is 0.167 e. The van der Waals surface area contributed by atoms with Crippen molar-refractivity contribution in [3.63, 3.8) is 0 Å². The maximum atomic E-state index is 13.4. The lowest BCUT2D eigenvalue weighted by Crippen LogP contribution is -2.39. The van der Waals surface area contributed by atoms with E-state index in [1.807, 2.05) is 6.07 Å². The highest BCUT2D eigenvalue weighted by Gasteiger charge is 2.29. The summed E-state index contributed by atoms with van der Waals surface area (Å²) in [6, 6.07) is 12.8. The molecule has 3 aliphatic rings. The van der Waals surface area contributed by atoms with Gasteiger partial charge < -0.3 is 9.80 Å². The van der Waals surface area contributed by atoms with Gasteiger partial charge in [-0.2, -0.15) is 0 Å². The number of aryl methyl sites for hydroxylation is 3. The summed E-state index contributed by atoms with van der Waals surface area (Å²) in [7, 11) is 0. The van der Waals surface area contributed by atoms with E-state index < -0.39 is 0 Å². The molecule has 0 aromatic heterocycles. The second kappa shape index (κ2) is 13.6. The number of ketones is 2. The van der Waals surface area contributed by atoms with Crippen LogP contribution in [0.2, 0.25) is 0 Å². The van der Waals surface area contributed by atoms with Crippen LogP contribution in [-0.4, -0.2) is 60.6 Å². The van der Waals surface area contributed by atoms with E-state index in [4.69, 9.17) is 0 Å². The van der Waals surface area contributed by atoms with Gasteiger partial charge in [0.2, 0.25) is 0 Å². The molecule has 0 bridgehead atoms. The number of fused-ring (bicyclic) bond motifs is 1. The minimum atomic E-state index is 0.131. The molecule has 2 aliphatic heterocycles. The highest BCUT2D eigenvalue weighted by atomic mass is 16.1. The molecule has 2 heterocycles. The quantitative estimate of drug-likeness (QED) is 0.301. The Labute approximate surface area is 242 Å². The Balaban J connectivity index is 1.11. The molecule has 0 N–H and O–H groups in total. The number of benzene rings is 2. The van der Waals surface area contributed by atoms with Crippen LogP contribution < -0.4 is 0 Å². The zero-order valence-corrected chi connectivity index (χ0v) is 25.2. The van der Waals surface area contributed by atoms with Crippen LogP contribution >= 0.6 is 0 Å². The van der Waals surface area contributed by atoms with E-state index in [0.717, 1.165) is 95.3 Å². The molecule has 2 aromatic carbocycles. The van der Waals surface area contributed by atoms with E-state index in [1.165, 1.54) is 41.5 Å². The maximum Gasteiger partial charge on any atom is 0.167 e. The van der Waals surface area contributed by atoms with Crippen molar-refractivity contribution in [2.75, 3.05) is 39.3 Å². The number of nitrogens with zero attached hydrogens (tertiary/aromatic N) is 2. The van der Waals surface area contributed by atoms with Gasteiger partial charge in [-0.15, -0.1) is 0 Å². The van der Waals surface area contributed by atoms with Crippen molar-refractivity contribution in [1.29, 1.82) is 0 Å². The van der Waals surface area contributed by atoms with E-state index in [9.17, 15) is 9.59 Å². The summed E-state index contributed by atoms with van der Waals surface area (Å²) in [5.41, 5.74) is 7.15. The van der Waals surface area contributed by atoms with Gasteiger partial charge in [-0.05, 0) is 145 Å². The third-order valence-corrected chi connectivity index (χ3v) is 9.99. The summed E-state index contributed by atoms with van der Waals surface area (Å²) in [5.74, 6) is 1.68. The zero-order valence-electron chi connectivity index (χ0n) is 25.2. The van der Waals surface area contributed by atoms with Crippen molar-refractivity contribution in [3.05, 3.63) is 69.8 Å². The van der Waals surface area contributed by atoms with Gasteiger partial charge in [0.15, 0.2) is 11.6 Å². The minimum Gasteiger partial charge on any atom is -0.303 e. The number of Topliss-reactive ketones (excluding diaryl/α,β-unsaturated/α-hetero) is 2. The van der Waals surface area contributed by atoms with Gasteiger partial charge in [0.05, 0.1) is 0 Å². The van der Waals surface area contributed by atoms with Gasteiger partial charge in [-0.25, -0.2) is 0 Å². The third-order valence-electron chi connectivity index (χ3n) is 9.99. The van der Waals surface area contributed by atoms with Gasteiger partial charge in [0, 0.05) is 36.1 Å². The second-order valence-electron chi connectivity index (χ2n) is 13.0. The average molecular weight is 543 g/mol. The summed E-state index contributed by atoms with van der Waals surface area (Å²) < 4.78 is 0. The molecule has 3 unspecified atom stereocenters. The molecule has 2 aromatic rings. The lowest BCUT2D eigenvalue weighted by atomic mass is 9.80. The molecule has 216 valence electrons. The van der Waals surface area contributed by atoms with Crippen molar-refractivity contribution >= 4 is 11.6 Å². The first-order chi connectivity index (χ1) is 19.4. The Kier molecular flexibility index (Phi) is 9.91. The monoisotopic (exact) mass is 542 g/mol. The number of hydrogen-bond acceptors (Lipinski definition) is 4. The Morgan fingerprint density at radius 2 is 1.43 bits per heavy atom. The van der Waals surface area contributed by atoms with E-state index in [-0.39, 0.29) is 11.8 Å².